The number of benzene rings is 4. The summed E-state index contributed by atoms with van der Waals surface area (Å²) in [6.45, 7) is 11.4. The first-order valence-electron chi connectivity index (χ1n) is 17.5. The third-order valence-electron chi connectivity index (χ3n) is 9.99. The van der Waals surface area contributed by atoms with Crippen molar-refractivity contribution >= 4 is 51.2 Å². The molecule has 11 nitrogen and oxygen atoms in total. The lowest BCUT2D eigenvalue weighted by Crippen LogP contribution is -2.39. The summed E-state index contributed by atoms with van der Waals surface area (Å²) >= 11 is 0. The Balaban J connectivity index is 1.44. The number of nitrogens with zero attached hydrogens (tertiary/aromatic N) is 1. The zero-order chi connectivity index (χ0) is 37.6. The number of hydrogen-bond acceptors (Lipinski definition) is 8. The first kappa shape index (κ1) is 36.3. The minimum absolute atomic E-state index is 0.0470. The minimum atomic E-state index is -0.989. The van der Waals surface area contributed by atoms with E-state index in [0.717, 1.165) is 44.3 Å². The number of ether oxygens (including phenoxy) is 2. The van der Waals surface area contributed by atoms with Crippen molar-refractivity contribution in [1.82, 2.24) is 4.98 Å². The predicted molar refractivity (Wildman–Crippen MR) is 202 cm³/mol. The minimum Gasteiger partial charge on any atom is -0.460 e. The van der Waals surface area contributed by atoms with Crippen molar-refractivity contribution in [3.8, 4) is 11.1 Å². The lowest BCUT2D eigenvalue weighted by atomic mass is 9.93. The quantitative estimate of drug-likeness (QED) is 0.122. The van der Waals surface area contributed by atoms with E-state index in [9.17, 15) is 19.2 Å². The summed E-state index contributed by atoms with van der Waals surface area (Å²) in [5.41, 5.74) is 26.1. The van der Waals surface area contributed by atoms with Crippen molar-refractivity contribution in [2.24, 2.45) is 29.0 Å². The van der Waals surface area contributed by atoms with Crippen LogP contribution in [0.1, 0.15) is 76.8 Å². The number of fused-ring (bicyclic) bond motifs is 4. The summed E-state index contributed by atoms with van der Waals surface area (Å²) in [7, 11) is 0. The normalized spacial score (nSPS) is 14.6. The molecule has 0 aliphatic carbocycles. The molecule has 270 valence electrons. The molecule has 7 N–H and O–H groups in total. The second-order valence-electron chi connectivity index (χ2n) is 14.3. The molecule has 3 unspecified atom stereocenters. The van der Waals surface area contributed by atoms with Gasteiger partial charge in [0, 0.05) is 27.5 Å². The number of esters is 2. The highest BCUT2D eigenvalue weighted by Gasteiger charge is 2.31. The number of amides is 2. The first-order chi connectivity index (χ1) is 24.7. The van der Waals surface area contributed by atoms with Crippen molar-refractivity contribution in [2.75, 3.05) is 11.5 Å². The number of aryl methyl sites for hydroxylation is 1. The van der Waals surface area contributed by atoms with Crippen LogP contribution in [0.5, 0.6) is 0 Å². The standard InChI is InChI=1S/C41H45N5O6/c1-20(2)35(42)40(49)51-19-33(52-41(50)36(43)21(3)4)24-12-13-28-31(17-24)45-37-29(38(44)47)15-14-27(34(28)37)26-8-7-9-32(23(26)6)46-18-25-11-10-22(5)16-30(25)39(46)48/h7-17,20-21,33,35-36,45H,18-19,42-43H2,1-6H3,(H2,44,47). The van der Waals surface area contributed by atoms with Crippen LogP contribution in [0.4, 0.5) is 5.69 Å². The smallest absolute Gasteiger partial charge is 0.323 e. The van der Waals surface area contributed by atoms with Gasteiger partial charge in [-0.2, -0.15) is 0 Å². The number of aromatic amines is 1. The van der Waals surface area contributed by atoms with E-state index >= 15 is 0 Å². The molecule has 2 amide bonds. The molecule has 52 heavy (non-hydrogen) atoms. The maximum absolute atomic E-state index is 13.6. The zero-order valence-electron chi connectivity index (χ0n) is 30.3. The third kappa shape index (κ3) is 6.65. The van der Waals surface area contributed by atoms with E-state index in [1.807, 2.05) is 90.1 Å². The first-order valence-corrected chi connectivity index (χ1v) is 17.5. The average Bonchev–Trinajstić information content (AvgIpc) is 3.65. The average molecular weight is 704 g/mol. The Morgan fingerprint density at radius 2 is 1.56 bits per heavy atom. The maximum Gasteiger partial charge on any atom is 0.323 e. The largest absolute Gasteiger partial charge is 0.460 e. The number of primary amides is 1. The zero-order valence-corrected chi connectivity index (χ0v) is 30.3. The number of anilines is 1. The van der Waals surface area contributed by atoms with Gasteiger partial charge in [-0.15, -0.1) is 0 Å². The van der Waals surface area contributed by atoms with Crippen molar-refractivity contribution in [2.45, 2.75) is 66.3 Å². The van der Waals surface area contributed by atoms with E-state index in [2.05, 4.69) is 4.98 Å². The topological polar surface area (TPSA) is 184 Å². The van der Waals surface area contributed by atoms with Crippen LogP contribution in [0.25, 0.3) is 32.9 Å². The van der Waals surface area contributed by atoms with Gasteiger partial charge < -0.3 is 36.6 Å². The highest BCUT2D eigenvalue weighted by atomic mass is 16.6. The molecule has 0 spiro atoms. The maximum atomic E-state index is 13.6. The summed E-state index contributed by atoms with van der Waals surface area (Å²) in [6, 6.07) is 19.1. The Hall–Kier alpha value is -5.52. The van der Waals surface area contributed by atoms with Gasteiger partial charge in [-0.05, 0) is 77.8 Å². The van der Waals surface area contributed by atoms with E-state index in [4.69, 9.17) is 26.7 Å². The Kier molecular flexibility index (Phi) is 9.94. The number of aromatic nitrogens is 1. The molecule has 1 aliphatic rings. The number of hydrogen-bond donors (Lipinski definition) is 4. The van der Waals surface area contributed by atoms with Gasteiger partial charge in [0.15, 0.2) is 6.10 Å². The molecule has 0 fully saturated rings. The van der Waals surface area contributed by atoms with Gasteiger partial charge in [0.25, 0.3) is 11.8 Å². The van der Waals surface area contributed by atoms with Crippen molar-refractivity contribution < 1.29 is 28.7 Å². The molecule has 5 aromatic rings. The highest BCUT2D eigenvalue weighted by molar-refractivity contribution is 6.20. The fraction of sp³-hybridized carbons (Fsp3) is 0.317. The third-order valence-corrected chi connectivity index (χ3v) is 9.99. The summed E-state index contributed by atoms with van der Waals surface area (Å²) < 4.78 is 11.4. The molecule has 2 heterocycles. The summed E-state index contributed by atoms with van der Waals surface area (Å²) in [5.74, 6) is -2.23. The molecule has 1 aromatic heterocycles. The van der Waals surface area contributed by atoms with Gasteiger partial charge in [0.05, 0.1) is 17.6 Å². The van der Waals surface area contributed by atoms with Gasteiger partial charge in [-0.3, -0.25) is 19.2 Å². The number of nitrogens with two attached hydrogens (primary N) is 3. The number of carbonyl (C=O) groups is 4. The number of nitrogens with one attached hydrogen (secondary N) is 1. The molecular weight excluding hydrogens is 658 g/mol. The van der Waals surface area contributed by atoms with Crippen LogP contribution in [-0.4, -0.2) is 47.4 Å². The van der Waals surface area contributed by atoms with Gasteiger partial charge in [-0.25, -0.2) is 0 Å². The molecule has 1 aliphatic heterocycles. The molecule has 4 aromatic carbocycles. The van der Waals surface area contributed by atoms with Gasteiger partial charge in [-0.1, -0.05) is 75.7 Å². The van der Waals surface area contributed by atoms with Gasteiger partial charge in [0.1, 0.15) is 18.7 Å². The second-order valence-corrected chi connectivity index (χ2v) is 14.3. The van der Waals surface area contributed by atoms with Crippen LogP contribution in [0, 0.1) is 25.7 Å². The monoisotopic (exact) mass is 703 g/mol. The van der Waals surface area contributed by atoms with Crippen molar-refractivity contribution in [3.63, 3.8) is 0 Å². The lowest BCUT2D eigenvalue weighted by Gasteiger charge is -2.23. The summed E-state index contributed by atoms with van der Waals surface area (Å²) in [4.78, 5) is 57.2. The second kappa shape index (κ2) is 14.2. The SMILES string of the molecule is Cc1ccc2c(c1)C(=O)N(c1cccc(-c3ccc(C(N)=O)c4[nH]c5cc(C(COC(=O)C(N)C(C)C)OC(=O)C(N)C(C)C)ccc5c34)c1C)C2. The molecule has 11 heteroatoms. The van der Waals surface area contributed by atoms with Crippen LogP contribution >= 0.6 is 0 Å². The van der Waals surface area contributed by atoms with E-state index in [0.29, 0.717) is 34.3 Å². The van der Waals surface area contributed by atoms with E-state index in [1.165, 1.54) is 0 Å². The summed E-state index contributed by atoms with van der Waals surface area (Å²) in [5, 5.41) is 1.54. The molecular formula is C41H45N5O6. The van der Waals surface area contributed by atoms with Crippen LogP contribution in [0.15, 0.2) is 66.7 Å². The molecule has 0 saturated carbocycles. The van der Waals surface area contributed by atoms with Gasteiger partial charge in [0.2, 0.25) is 0 Å². The Morgan fingerprint density at radius 3 is 2.25 bits per heavy atom. The number of rotatable bonds is 11. The predicted octanol–water partition coefficient (Wildman–Crippen LogP) is 5.96. The van der Waals surface area contributed by atoms with E-state index in [1.54, 1.807) is 23.1 Å². The van der Waals surface area contributed by atoms with E-state index < -0.39 is 36.0 Å². The Morgan fingerprint density at radius 1 is 0.846 bits per heavy atom. The highest BCUT2D eigenvalue weighted by Crippen LogP contribution is 2.41. The van der Waals surface area contributed by atoms with Gasteiger partial charge >= 0.3 is 11.9 Å². The molecule has 0 bridgehead atoms. The van der Waals surface area contributed by atoms with Crippen LogP contribution in [-0.2, 0) is 25.6 Å². The lowest BCUT2D eigenvalue weighted by molar-refractivity contribution is -0.162. The fourth-order valence-corrected chi connectivity index (χ4v) is 6.69. The fourth-order valence-electron chi connectivity index (χ4n) is 6.69. The molecule has 6 rings (SSSR count). The molecule has 3 atom stereocenters. The van der Waals surface area contributed by atoms with Crippen molar-refractivity contribution in [1.29, 1.82) is 0 Å². The Labute approximate surface area is 302 Å². The van der Waals surface area contributed by atoms with E-state index in [-0.39, 0.29) is 24.3 Å². The van der Waals surface area contributed by atoms with Crippen LogP contribution < -0.4 is 22.1 Å². The van der Waals surface area contributed by atoms with Crippen LogP contribution in [0.3, 0.4) is 0 Å². The van der Waals surface area contributed by atoms with Crippen LogP contribution in [0.2, 0.25) is 0 Å². The molecule has 0 saturated heterocycles. The van der Waals surface area contributed by atoms with Crippen molar-refractivity contribution in [3.05, 3.63) is 100 Å². The molecule has 0 radical (unpaired) electrons. The summed E-state index contributed by atoms with van der Waals surface area (Å²) in [6.07, 6.45) is -0.989. The number of H-pyrrole nitrogens is 1. The Bertz CT molecular complexity index is 2240. The number of carbonyl (C=O) groups excluding carboxylic acids is 4.